The van der Waals surface area contributed by atoms with Crippen molar-refractivity contribution in [3.05, 3.63) is 104 Å². The number of esters is 1. The first-order valence-corrected chi connectivity index (χ1v) is 14.4. The zero-order valence-electron chi connectivity index (χ0n) is 23.6. The number of aromatic nitrogens is 1. The molecule has 0 amide bonds. The third-order valence-electron chi connectivity index (χ3n) is 7.63. The van der Waals surface area contributed by atoms with E-state index in [1.54, 1.807) is 61.5 Å². The van der Waals surface area contributed by atoms with E-state index in [2.05, 4.69) is 0 Å². The molecule has 10 heteroatoms. The van der Waals surface area contributed by atoms with Crippen LogP contribution in [0.4, 0.5) is 0 Å². The number of hydrogen-bond acceptors (Lipinski definition) is 7. The third kappa shape index (κ3) is 5.55. The fraction of sp³-hybridized carbons (Fsp3) is 0.281. The SMILES string of the molecule is CCOC(=O)Cn1c(=O)cc(-c2cccc(Cl)c2)c2cc(C(O)(C3=NC(C)[C@H](N)CN3C)c3ccc(Cl)cc3)ccc21. The average Bonchev–Trinajstić information content (AvgIpc) is 2.96. The number of halogens is 2. The first-order valence-electron chi connectivity index (χ1n) is 13.7. The number of fused-ring (bicyclic) bond motifs is 1. The number of carbonyl (C=O) groups is 1. The monoisotopic (exact) mass is 606 g/mol. The molecule has 8 nitrogen and oxygen atoms in total. The summed E-state index contributed by atoms with van der Waals surface area (Å²) in [5.41, 5.74) is 7.13. The number of pyridine rings is 1. The van der Waals surface area contributed by atoms with Gasteiger partial charge in [0.05, 0.1) is 18.2 Å². The van der Waals surface area contributed by atoms with Crippen LogP contribution in [0.1, 0.15) is 25.0 Å². The summed E-state index contributed by atoms with van der Waals surface area (Å²) in [6.07, 6.45) is 0. The lowest BCUT2D eigenvalue weighted by Crippen LogP contribution is -2.56. The largest absolute Gasteiger partial charge is 0.465 e. The van der Waals surface area contributed by atoms with Crippen LogP contribution in [-0.2, 0) is 21.7 Å². The molecule has 1 aromatic heterocycles. The Hall–Kier alpha value is -3.69. The molecule has 0 fully saturated rings. The summed E-state index contributed by atoms with van der Waals surface area (Å²) >= 11 is 12.6. The molecule has 218 valence electrons. The first kappa shape index (κ1) is 29.8. The van der Waals surface area contributed by atoms with Crippen molar-refractivity contribution in [3.63, 3.8) is 0 Å². The minimum atomic E-state index is -1.70. The molecule has 0 saturated carbocycles. The van der Waals surface area contributed by atoms with E-state index in [1.807, 2.05) is 31.0 Å². The molecule has 1 aliphatic heterocycles. The predicted octanol–water partition coefficient (Wildman–Crippen LogP) is 4.83. The van der Waals surface area contributed by atoms with Gasteiger partial charge in [0, 0.05) is 41.1 Å². The Morgan fingerprint density at radius 3 is 2.48 bits per heavy atom. The van der Waals surface area contributed by atoms with Crippen LogP contribution in [0, 0.1) is 0 Å². The van der Waals surface area contributed by atoms with Gasteiger partial charge in [-0.25, -0.2) is 0 Å². The second-order valence-electron chi connectivity index (χ2n) is 10.5. The van der Waals surface area contributed by atoms with Gasteiger partial charge in [-0.3, -0.25) is 19.1 Å². The van der Waals surface area contributed by atoms with Gasteiger partial charge in [-0.15, -0.1) is 0 Å². The van der Waals surface area contributed by atoms with E-state index in [4.69, 9.17) is 38.7 Å². The topological polar surface area (TPSA) is 110 Å². The summed E-state index contributed by atoms with van der Waals surface area (Å²) in [6, 6.07) is 20.5. The van der Waals surface area contributed by atoms with Crippen molar-refractivity contribution >= 4 is 45.9 Å². The molecule has 0 radical (unpaired) electrons. The zero-order valence-corrected chi connectivity index (χ0v) is 25.1. The van der Waals surface area contributed by atoms with Crippen molar-refractivity contribution in [1.29, 1.82) is 0 Å². The van der Waals surface area contributed by atoms with Crippen molar-refractivity contribution in [2.75, 3.05) is 20.2 Å². The van der Waals surface area contributed by atoms with Crippen molar-refractivity contribution in [2.45, 2.75) is 38.1 Å². The van der Waals surface area contributed by atoms with E-state index in [9.17, 15) is 14.7 Å². The highest BCUT2D eigenvalue weighted by Gasteiger charge is 2.42. The van der Waals surface area contributed by atoms with E-state index in [-0.39, 0.29) is 30.8 Å². The summed E-state index contributed by atoms with van der Waals surface area (Å²) in [5, 5.41) is 14.4. The van der Waals surface area contributed by atoms with Crippen LogP contribution in [0.3, 0.4) is 0 Å². The van der Waals surface area contributed by atoms with E-state index in [0.717, 1.165) is 0 Å². The van der Waals surface area contributed by atoms with Crippen LogP contribution in [0.2, 0.25) is 10.0 Å². The maximum absolute atomic E-state index is 13.4. The van der Waals surface area contributed by atoms with Crippen LogP contribution < -0.4 is 11.3 Å². The molecular weight excluding hydrogens is 575 g/mol. The van der Waals surface area contributed by atoms with Crippen molar-refractivity contribution < 1.29 is 14.6 Å². The van der Waals surface area contributed by atoms with Crippen molar-refractivity contribution in [1.82, 2.24) is 9.47 Å². The Labute approximate surface area is 253 Å². The van der Waals surface area contributed by atoms with Gasteiger partial charge in [0.15, 0.2) is 5.60 Å². The minimum absolute atomic E-state index is 0.197. The summed E-state index contributed by atoms with van der Waals surface area (Å²) in [5.74, 6) is -0.0933. The lowest BCUT2D eigenvalue weighted by atomic mass is 9.82. The summed E-state index contributed by atoms with van der Waals surface area (Å²) in [4.78, 5) is 32.6. The number of likely N-dealkylation sites (N-methyl/N-ethyl adjacent to an activating group) is 1. The minimum Gasteiger partial charge on any atom is -0.465 e. The Kier molecular flexibility index (Phi) is 8.44. The lowest BCUT2D eigenvalue weighted by Gasteiger charge is -2.41. The van der Waals surface area contributed by atoms with Gasteiger partial charge in [0.1, 0.15) is 12.4 Å². The van der Waals surface area contributed by atoms with Crippen LogP contribution in [0.5, 0.6) is 0 Å². The second kappa shape index (κ2) is 11.9. The Morgan fingerprint density at radius 1 is 1.07 bits per heavy atom. The Balaban J connectivity index is 1.82. The molecule has 3 aromatic carbocycles. The number of nitrogens with zero attached hydrogens (tertiary/aromatic N) is 3. The molecule has 42 heavy (non-hydrogen) atoms. The van der Waals surface area contributed by atoms with Crippen LogP contribution in [-0.4, -0.2) is 58.7 Å². The van der Waals surface area contributed by atoms with Crippen LogP contribution in [0.15, 0.2) is 82.6 Å². The molecular formula is C32H32Cl2N4O4. The molecule has 0 aliphatic carbocycles. The Bertz CT molecular complexity index is 1740. The number of ether oxygens (including phenoxy) is 1. The smallest absolute Gasteiger partial charge is 0.326 e. The number of aliphatic imine (C=N–C) groups is 1. The van der Waals surface area contributed by atoms with Crippen LogP contribution >= 0.6 is 23.2 Å². The second-order valence-corrected chi connectivity index (χ2v) is 11.4. The van der Waals surface area contributed by atoms with Gasteiger partial charge < -0.3 is 20.5 Å². The molecule has 2 heterocycles. The quantitative estimate of drug-likeness (QED) is 0.291. The maximum atomic E-state index is 13.4. The number of rotatable bonds is 7. The molecule has 2 unspecified atom stereocenters. The van der Waals surface area contributed by atoms with Gasteiger partial charge in [-0.05, 0) is 72.5 Å². The van der Waals surface area contributed by atoms with E-state index in [1.165, 1.54) is 10.6 Å². The summed E-state index contributed by atoms with van der Waals surface area (Å²) in [7, 11) is 1.85. The van der Waals surface area contributed by atoms with Gasteiger partial charge in [-0.2, -0.15) is 0 Å². The molecule has 1 aliphatic rings. The predicted molar refractivity (Wildman–Crippen MR) is 167 cm³/mol. The van der Waals surface area contributed by atoms with Gasteiger partial charge >= 0.3 is 5.97 Å². The maximum Gasteiger partial charge on any atom is 0.326 e. The molecule has 5 rings (SSSR count). The number of nitrogens with two attached hydrogens (primary N) is 1. The fourth-order valence-corrected chi connectivity index (χ4v) is 5.75. The van der Waals surface area contributed by atoms with Gasteiger partial charge in [0.2, 0.25) is 0 Å². The van der Waals surface area contributed by atoms with Gasteiger partial charge in [0.25, 0.3) is 5.56 Å². The lowest BCUT2D eigenvalue weighted by molar-refractivity contribution is -0.143. The standard InChI is InChI=1S/C32H32Cl2N4O4/c1-4-42-30(40)18-38-28-13-10-22(15-26(28)25(16-29(38)39)20-6-5-7-24(34)14-20)32(41,21-8-11-23(33)12-9-21)31-36-19(2)27(35)17-37(31)3/h5-16,19,27,41H,4,17-18,35H2,1-3H3/t19?,27-,32?/m1/s1. The molecule has 3 atom stereocenters. The van der Waals surface area contributed by atoms with Gasteiger partial charge in [-0.1, -0.05) is 53.5 Å². The molecule has 0 spiro atoms. The number of amidine groups is 1. The third-order valence-corrected chi connectivity index (χ3v) is 8.12. The zero-order chi connectivity index (χ0) is 30.2. The number of hydrogen-bond donors (Lipinski definition) is 2. The Morgan fingerprint density at radius 2 is 1.79 bits per heavy atom. The highest BCUT2D eigenvalue weighted by atomic mass is 35.5. The van der Waals surface area contributed by atoms with Crippen molar-refractivity contribution in [2.24, 2.45) is 10.7 Å². The molecule has 0 saturated heterocycles. The number of carbonyl (C=O) groups excluding carboxylic acids is 1. The van der Waals surface area contributed by atoms with E-state index >= 15 is 0 Å². The summed E-state index contributed by atoms with van der Waals surface area (Å²) < 4.78 is 6.51. The van der Waals surface area contributed by atoms with Crippen LogP contribution in [0.25, 0.3) is 22.0 Å². The normalized spacial score (nSPS) is 18.5. The van der Waals surface area contributed by atoms with E-state index in [0.29, 0.717) is 55.6 Å². The highest BCUT2D eigenvalue weighted by Crippen LogP contribution is 2.38. The summed E-state index contributed by atoms with van der Waals surface area (Å²) in [6.45, 7) is 4.07. The molecule has 3 N–H and O–H groups in total. The molecule has 0 bridgehead atoms. The molecule has 4 aromatic rings. The average molecular weight is 608 g/mol. The highest BCUT2D eigenvalue weighted by molar-refractivity contribution is 6.31. The number of benzene rings is 3. The van der Waals surface area contributed by atoms with Crippen molar-refractivity contribution in [3.8, 4) is 11.1 Å². The fourth-order valence-electron chi connectivity index (χ4n) is 5.43. The first-order chi connectivity index (χ1) is 20.0. The van der Waals surface area contributed by atoms with E-state index < -0.39 is 11.6 Å². The number of aliphatic hydroxyl groups is 1.